The Hall–Kier alpha value is 0.250. The monoisotopic (exact) mass is 136 g/mol. The van der Waals surface area contributed by atoms with Gasteiger partial charge in [0.05, 0.1) is 11.5 Å². The van der Waals surface area contributed by atoms with Crippen LogP contribution in [0.15, 0.2) is 0 Å². The zero-order valence-corrected chi connectivity index (χ0v) is 6.37. The number of halogens is 1. The first kappa shape index (κ1) is 8.25. The molecule has 0 radical (unpaired) electrons. The van der Waals surface area contributed by atoms with Crippen molar-refractivity contribution in [2.45, 2.75) is 26.4 Å². The van der Waals surface area contributed by atoms with Crippen molar-refractivity contribution in [1.29, 1.82) is 0 Å². The lowest BCUT2D eigenvalue weighted by Crippen LogP contribution is -2.32. The van der Waals surface area contributed by atoms with E-state index in [1.165, 1.54) is 0 Å². The van der Waals surface area contributed by atoms with Crippen LogP contribution in [0.4, 0.5) is 0 Å². The van der Waals surface area contributed by atoms with E-state index in [-0.39, 0.29) is 5.92 Å². The standard InChI is InChI=1S/C6H13ClO/c1-5(2)6(3,8)4-7/h5,8H,4H2,1-3H3. The van der Waals surface area contributed by atoms with E-state index in [0.717, 1.165) is 0 Å². The molecular formula is C6H13ClO. The van der Waals surface area contributed by atoms with Crippen LogP contribution in [0, 0.1) is 5.92 Å². The molecule has 1 nitrogen and oxygen atoms in total. The number of hydrogen-bond acceptors (Lipinski definition) is 1. The van der Waals surface area contributed by atoms with Crippen LogP contribution in [0.3, 0.4) is 0 Å². The smallest absolute Gasteiger partial charge is 0.0777 e. The minimum absolute atomic E-state index is 0.236. The summed E-state index contributed by atoms with van der Waals surface area (Å²) in [6.45, 7) is 5.63. The van der Waals surface area contributed by atoms with Crippen molar-refractivity contribution in [1.82, 2.24) is 0 Å². The molecule has 0 aliphatic rings. The molecule has 0 bridgehead atoms. The molecule has 1 unspecified atom stereocenters. The highest BCUT2D eigenvalue weighted by Gasteiger charge is 2.22. The van der Waals surface area contributed by atoms with Gasteiger partial charge < -0.3 is 5.11 Å². The summed E-state index contributed by atoms with van der Waals surface area (Å²) in [7, 11) is 0. The fourth-order valence-electron chi connectivity index (χ4n) is 0.154. The third-order valence-electron chi connectivity index (χ3n) is 1.51. The third kappa shape index (κ3) is 2.01. The number of rotatable bonds is 2. The predicted octanol–water partition coefficient (Wildman–Crippen LogP) is 1.63. The van der Waals surface area contributed by atoms with Crippen LogP contribution in [0.5, 0.6) is 0 Å². The predicted molar refractivity (Wildman–Crippen MR) is 36.2 cm³/mol. The van der Waals surface area contributed by atoms with Crippen LogP contribution in [-0.4, -0.2) is 16.6 Å². The van der Waals surface area contributed by atoms with Crippen LogP contribution in [0.1, 0.15) is 20.8 Å². The van der Waals surface area contributed by atoms with Gasteiger partial charge >= 0.3 is 0 Å². The highest BCUT2D eigenvalue weighted by molar-refractivity contribution is 6.18. The Morgan fingerprint density at radius 2 is 2.00 bits per heavy atom. The van der Waals surface area contributed by atoms with Gasteiger partial charge in [0.25, 0.3) is 0 Å². The molecule has 0 saturated carbocycles. The molecule has 0 amide bonds. The summed E-state index contributed by atoms with van der Waals surface area (Å²) in [6, 6.07) is 0. The van der Waals surface area contributed by atoms with Crippen molar-refractivity contribution in [2.24, 2.45) is 5.92 Å². The maximum Gasteiger partial charge on any atom is 0.0777 e. The first-order valence-corrected chi connectivity index (χ1v) is 3.32. The molecule has 1 atom stereocenters. The average Bonchev–Trinajstić information content (AvgIpc) is 1.67. The van der Waals surface area contributed by atoms with Crippen LogP contribution in [0.25, 0.3) is 0 Å². The van der Waals surface area contributed by atoms with Gasteiger partial charge in [-0.2, -0.15) is 0 Å². The lowest BCUT2D eigenvalue weighted by atomic mass is 9.95. The topological polar surface area (TPSA) is 20.2 Å². The maximum absolute atomic E-state index is 9.27. The second-order valence-corrected chi connectivity index (χ2v) is 2.91. The van der Waals surface area contributed by atoms with Crippen molar-refractivity contribution in [3.8, 4) is 0 Å². The van der Waals surface area contributed by atoms with E-state index in [1.54, 1.807) is 6.92 Å². The molecule has 0 aliphatic carbocycles. The molecule has 0 aromatic rings. The van der Waals surface area contributed by atoms with E-state index < -0.39 is 5.60 Å². The molecule has 0 fully saturated rings. The molecular weight excluding hydrogens is 124 g/mol. The van der Waals surface area contributed by atoms with Crippen molar-refractivity contribution >= 4 is 11.6 Å². The van der Waals surface area contributed by atoms with E-state index in [4.69, 9.17) is 11.6 Å². The Kier molecular flexibility index (Phi) is 2.78. The summed E-state index contributed by atoms with van der Waals surface area (Å²) in [6.07, 6.45) is 0. The number of hydrogen-bond donors (Lipinski definition) is 1. The lowest BCUT2D eigenvalue weighted by Gasteiger charge is -2.24. The van der Waals surface area contributed by atoms with E-state index >= 15 is 0 Å². The summed E-state index contributed by atoms with van der Waals surface area (Å²) in [5.74, 6) is 0.546. The minimum atomic E-state index is -0.693. The molecule has 0 spiro atoms. The molecule has 0 heterocycles. The first-order valence-electron chi connectivity index (χ1n) is 2.79. The average molecular weight is 137 g/mol. The van der Waals surface area contributed by atoms with Gasteiger partial charge in [-0.3, -0.25) is 0 Å². The molecule has 2 heteroatoms. The molecule has 50 valence electrons. The fraction of sp³-hybridized carbons (Fsp3) is 1.00. The van der Waals surface area contributed by atoms with E-state index in [1.807, 2.05) is 13.8 Å². The maximum atomic E-state index is 9.27. The van der Waals surface area contributed by atoms with Crippen molar-refractivity contribution < 1.29 is 5.11 Å². The second-order valence-electron chi connectivity index (χ2n) is 2.65. The summed E-state index contributed by atoms with van der Waals surface area (Å²) < 4.78 is 0. The van der Waals surface area contributed by atoms with E-state index in [2.05, 4.69) is 0 Å². The first-order chi connectivity index (χ1) is 3.50. The third-order valence-corrected chi connectivity index (χ3v) is 2.06. The Labute approximate surface area is 55.7 Å². The van der Waals surface area contributed by atoms with Gasteiger partial charge in [-0.15, -0.1) is 11.6 Å². The van der Waals surface area contributed by atoms with Crippen LogP contribution >= 0.6 is 11.6 Å². The Bertz CT molecular complexity index is 68.9. The summed E-state index contributed by atoms with van der Waals surface area (Å²) >= 11 is 5.44. The van der Waals surface area contributed by atoms with Crippen LogP contribution in [0.2, 0.25) is 0 Å². The highest BCUT2D eigenvalue weighted by Crippen LogP contribution is 2.16. The Balaban J connectivity index is 3.71. The van der Waals surface area contributed by atoms with Gasteiger partial charge in [-0.1, -0.05) is 13.8 Å². The summed E-state index contributed by atoms with van der Waals surface area (Å²) in [5.41, 5.74) is -0.693. The molecule has 8 heavy (non-hydrogen) atoms. The van der Waals surface area contributed by atoms with Crippen LogP contribution < -0.4 is 0 Å². The minimum Gasteiger partial charge on any atom is -0.389 e. The zero-order valence-electron chi connectivity index (χ0n) is 5.61. The molecule has 0 aromatic carbocycles. The lowest BCUT2D eigenvalue weighted by molar-refractivity contribution is 0.0362. The largest absolute Gasteiger partial charge is 0.389 e. The second kappa shape index (κ2) is 2.70. The number of aliphatic hydroxyl groups is 1. The van der Waals surface area contributed by atoms with E-state index in [9.17, 15) is 5.11 Å². The Morgan fingerprint density at radius 3 is 2.00 bits per heavy atom. The molecule has 0 aliphatic heterocycles. The van der Waals surface area contributed by atoms with E-state index in [0.29, 0.717) is 5.88 Å². The van der Waals surface area contributed by atoms with Crippen molar-refractivity contribution in [3.05, 3.63) is 0 Å². The van der Waals surface area contributed by atoms with Crippen molar-refractivity contribution in [2.75, 3.05) is 5.88 Å². The fourth-order valence-corrected chi connectivity index (χ4v) is 0.463. The van der Waals surface area contributed by atoms with Crippen molar-refractivity contribution in [3.63, 3.8) is 0 Å². The normalized spacial score (nSPS) is 18.8. The SMILES string of the molecule is CC(C)C(C)(O)CCl. The molecule has 0 aromatic heterocycles. The van der Waals surface area contributed by atoms with Crippen LogP contribution in [-0.2, 0) is 0 Å². The summed E-state index contributed by atoms with van der Waals surface area (Å²) in [4.78, 5) is 0. The van der Waals surface area contributed by atoms with Gasteiger partial charge in [0.2, 0.25) is 0 Å². The molecule has 1 N–H and O–H groups in total. The zero-order chi connectivity index (χ0) is 6.78. The quantitative estimate of drug-likeness (QED) is 0.573. The van der Waals surface area contributed by atoms with Gasteiger partial charge in [-0.25, -0.2) is 0 Å². The number of alkyl halides is 1. The molecule has 0 rings (SSSR count). The van der Waals surface area contributed by atoms with Gasteiger partial charge in [0, 0.05) is 0 Å². The summed E-state index contributed by atoms with van der Waals surface area (Å²) in [5, 5.41) is 9.27. The molecule has 0 saturated heterocycles. The Morgan fingerprint density at radius 1 is 1.62 bits per heavy atom. The van der Waals surface area contributed by atoms with Gasteiger partial charge in [-0.05, 0) is 12.8 Å². The van der Waals surface area contributed by atoms with Gasteiger partial charge in [0.15, 0.2) is 0 Å². The highest BCUT2D eigenvalue weighted by atomic mass is 35.5. The van der Waals surface area contributed by atoms with Gasteiger partial charge in [0.1, 0.15) is 0 Å².